The molecule has 0 saturated carbocycles. The third-order valence-corrected chi connectivity index (χ3v) is 5.28. The zero-order chi connectivity index (χ0) is 20.6. The van der Waals surface area contributed by atoms with E-state index < -0.39 is 0 Å². The largest absolute Gasteiger partial charge is 0.326 e. The maximum absolute atomic E-state index is 13.2. The molecule has 29 heavy (non-hydrogen) atoms. The summed E-state index contributed by atoms with van der Waals surface area (Å²) in [5.74, 6) is -0.447. The Morgan fingerprint density at radius 1 is 1.21 bits per heavy atom. The van der Waals surface area contributed by atoms with Gasteiger partial charge in [-0.25, -0.2) is 9.37 Å². The summed E-state index contributed by atoms with van der Waals surface area (Å²) in [6.07, 6.45) is 6.15. The fraction of sp³-hybridized carbons (Fsp3) is 0.348. The summed E-state index contributed by atoms with van der Waals surface area (Å²) in [5.41, 5.74) is 2.95. The summed E-state index contributed by atoms with van der Waals surface area (Å²) in [7, 11) is 0. The third-order valence-electron chi connectivity index (χ3n) is 5.28. The number of nitriles is 1. The van der Waals surface area contributed by atoms with Crippen molar-refractivity contribution >= 4 is 0 Å². The minimum Gasteiger partial charge on any atom is -0.326 e. The number of hydrogen-bond acceptors (Lipinski definition) is 4. The van der Waals surface area contributed by atoms with Gasteiger partial charge in [0.1, 0.15) is 5.82 Å². The summed E-state index contributed by atoms with van der Waals surface area (Å²) >= 11 is 0. The summed E-state index contributed by atoms with van der Waals surface area (Å²) in [4.78, 5) is 11.0. The lowest BCUT2D eigenvalue weighted by atomic mass is 10.0. The van der Waals surface area contributed by atoms with Crippen molar-refractivity contribution in [1.29, 1.82) is 5.26 Å². The lowest BCUT2D eigenvalue weighted by Crippen LogP contribution is -2.27. The zero-order valence-electron chi connectivity index (χ0n) is 16.9. The van der Waals surface area contributed by atoms with Gasteiger partial charge in [0.25, 0.3) is 0 Å². The lowest BCUT2D eigenvalue weighted by molar-refractivity contribution is 0.264. The number of imidazole rings is 1. The van der Waals surface area contributed by atoms with Crippen molar-refractivity contribution in [3.05, 3.63) is 84.0 Å². The molecule has 0 saturated heterocycles. The van der Waals surface area contributed by atoms with Gasteiger partial charge in [-0.15, -0.1) is 0 Å². The molecule has 0 fully saturated rings. The first-order valence-electron chi connectivity index (χ1n) is 9.91. The van der Waals surface area contributed by atoms with Gasteiger partial charge in [0, 0.05) is 25.5 Å². The Kier molecular flexibility index (Phi) is 7.09. The number of aromatic nitrogens is 3. The molecule has 2 atom stereocenters. The minimum atomic E-state index is -0.232. The van der Waals surface area contributed by atoms with Gasteiger partial charge in [0.2, 0.25) is 0 Å². The molecule has 150 valence electrons. The van der Waals surface area contributed by atoms with Crippen LogP contribution in [0.15, 0.2) is 61.2 Å². The van der Waals surface area contributed by atoms with E-state index in [0.29, 0.717) is 0 Å². The van der Waals surface area contributed by atoms with Crippen molar-refractivity contribution in [1.82, 2.24) is 19.4 Å². The van der Waals surface area contributed by atoms with E-state index in [4.69, 9.17) is 0 Å². The van der Waals surface area contributed by atoms with Gasteiger partial charge in [-0.2, -0.15) is 5.26 Å². The molecule has 0 spiro atoms. The molecule has 6 heteroatoms. The van der Waals surface area contributed by atoms with Crippen molar-refractivity contribution in [2.24, 2.45) is 0 Å². The van der Waals surface area contributed by atoms with Crippen LogP contribution < -0.4 is 0 Å². The number of benzene rings is 1. The van der Waals surface area contributed by atoms with E-state index in [9.17, 15) is 9.65 Å². The van der Waals surface area contributed by atoms with Crippen molar-refractivity contribution in [3.8, 4) is 6.07 Å². The quantitative estimate of drug-likeness (QED) is 0.537. The molecular weight excluding hydrogens is 365 g/mol. The molecule has 1 aromatic carbocycles. The van der Waals surface area contributed by atoms with Crippen molar-refractivity contribution in [3.63, 3.8) is 0 Å². The standard InChI is InChI=1S/C23H26FN5/c1-3-28(13-11-20(14-25)23-6-4-5-12-27-23)16-22-15-26-17-29(22)18(2)19-7-9-21(24)10-8-19/h4-10,12,15,17-18,20H,3,11,13,16H2,1-2H3. The molecule has 3 aromatic rings. The van der Waals surface area contributed by atoms with Gasteiger partial charge in [0.05, 0.1) is 35.7 Å². The smallest absolute Gasteiger partial charge is 0.123 e. The normalized spacial score (nSPS) is 13.2. The predicted octanol–water partition coefficient (Wildman–Crippen LogP) is 4.55. The average Bonchev–Trinajstić information content (AvgIpc) is 3.22. The van der Waals surface area contributed by atoms with E-state index in [1.807, 2.05) is 42.9 Å². The van der Waals surface area contributed by atoms with Crippen molar-refractivity contribution in [2.75, 3.05) is 13.1 Å². The summed E-state index contributed by atoms with van der Waals surface area (Å²) in [5, 5.41) is 9.53. The molecule has 0 aliphatic carbocycles. The van der Waals surface area contributed by atoms with E-state index >= 15 is 0 Å². The van der Waals surface area contributed by atoms with Crippen LogP contribution in [0.2, 0.25) is 0 Å². The van der Waals surface area contributed by atoms with Gasteiger partial charge in [0.15, 0.2) is 0 Å². The summed E-state index contributed by atoms with van der Waals surface area (Å²) < 4.78 is 15.4. The monoisotopic (exact) mass is 391 g/mol. The first kappa shape index (κ1) is 20.7. The SMILES string of the molecule is CCN(CCC(C#N)c1ccccn1)Cc1cncn1C(C)c1ccc(F)cc1. The Bertz CT molecular complexity index is 930. The topological polar surface area (TPSA) is 57.7 Å². The van der Waals surface area contributed by atoms with Crippen molar-refractivity contribution < 1.29 is 4.39 Å². The molecular formula is C23H26FN5. The molecule has 0 aliphatic heterocycles. The maximum Gasteiger partial charge on any atom is 0.123 e. The molecule has 2 unspecified atom stereocenters. The summed E-state index contributed by atoms with van der Waals surface area (Å²) in [6, 6.07) is 14.7. The fourth-order valence-corrected chi connectivity index (χ4v) is 3.46. The van der Waals surface area contributed by atoms with E-state index in [0.717, 1.165) is 43.0 Å². The molecule has 0 aliphatic rings. The first-order valence-corrected chi connectivity index (χ1v) is 9.91. The van der Waals surface area contributed by atoms with Crippen LogP contribution in [0.5, 0.6) is 0 Å². The van der Waals surface area contributed by atoms with Gasteiger partial charge in [-0.05, 0) is 49.7 Å². The summed E-state index contributed by atoms with van der Waals surface area (Å²) in [6.45, 7) is 6.61. The molecule has 2 aromatic heterocycles. The second kappa shape index (κ2) is 9.94. The Morgan fingerprint density at radius 3 is 2.66 bits per heavy atom. The number of pyridine rings is 1. The van der Waals surface area contributed by atoms with E-state index in [-0.39, 0.29) is 17.8 Å². The fourth-order valence-electron chi connectivity index (χ4n) is 3.46. The molecule has 3 rings (SSSR count). The lowest BCUT2D eigenvalue weighted by Gasteiger charge is -2.24. The Hall–Kier alpha value is -3.04. The number of nitrogens with zero attached hydrogens (tertiary/aromatic N) is 5. The molecule has 0 radical (unpaired) electrons. The van der Waals surface area contributed by atoms with E-state index in [1.165, 1.54) is 12.1 Å². The van der Waals surface area contributed by atoms with Gasteiger partial charge < -0.3 is 4.57 Å². The third kappa shape index (κ3) is 5.27. The second-order valence-electron chi connectivity index (χ2n) is 7.11. The molecule has 5 nitrogen and oxygen atoms in total. The Labute approximate surface area is 171 Å². The van der Waals surface area contributed by atoms with Crippen LogP contribution in [0.4, 0.5) is 4.39 Å². The Morgan fingerprint density at radius 2 is 2.00 bits per heavy atom. The first-order chi connectivity index (χ1) is 14.1. The van der Waals surface area contributed by atoms with Crippen LogP contribution in [0.1, 0.15) is 49.2 Å². The van der Waals surface area contributed by atoms with Crippen LogP contribution >= 0.6 is 0 Å². The van der Waals surface area contributed by atoms with Crippen LogP contribution in [0.3, 0.4) is 0 Å². The molecule has 0 amide bonds. The Balaban J connectivity index is 1.66. The van der Waals surface area contributed by atoms with Gasteiger partial charge in [-0.1, -0.05) is 25.1 Å². The molecule has 0 bridgehead atoms. The van der Waals surface area contributed by atoms with Gasteiger partial charge in [-0.3, -0.25) is 9.88 Å². The highest BCUT2D eigenvalue weighted by Crippen LogP contribution is 2.22. The maximum atomic E-state index is 13.2. The highest BCUT2D eigenvalue weighted by Gasteiger charge is 2.17. The van der Waals surface area contributed by atoms with E-state index in [1.54, 1.807) is 6.20 Å². The average molecular weight is 391 g/mol. The second-order valence-corrected chi connectivity index (χ2v) is 7.11. The highest BCUT2D eigenvalue weighted by molar-refractivity contribution is 5.21. The van der Waals surface area contributed by atoms with Crippen LogP contribution in [0.25, 0.3) is 0 Å². The van der Waals surface area contributed by atoms with Crippen molar-refractivity contribution in [2.45, 2.75) is 38.8 Å². The minimum absolute atomic E-state index is 0.0622. The predicted molar refractivity (Wildman–Crippen MR) is 111 cm³/mol. The number of rotatable bonds is 9. The van der Waals surface area contributed by atoms with Crippen LogP contribution in [-0.4, -0.2) is 32.5 Å². The number of hydrogen-bond donors (Lipinski definition) is 0. The van der Waals surface area contributed by atoms with Crippen LogP contribution in [-0.2, 0) is 6.54 Å². The molecule has 2 heterocycles. The van der Waals surface area contributed by atoms with Gasteiger partial charge >= 0.3 is 0 Å². The van der Waals surface area contributed by atoms with Crippen LogP contribution in [0, 0.1) is 17.1 Å². The highest BCUT2D eigenvalue weighted by atomic mass is 19.1. The van der Waals surface area contributed by atoms with E-state index in [2.05, 4.69) is 39.4 Å². The zero-order valence-corrected chi connectivity index (χ0v) is 16.9. The molecule has 0 N–H and O–H groups in total. The number of halogens is 1.